The molecule has 1 N–H and O–H groups in total. The maximum absolute atomic E-state index is 13.5. The number of rotatable bonds is 2. The summed E-state index contributed by atoms with van der Waals surface area (Å²) >= 11 is 0. The predicted octanol–water partition coefficient (Wildman–Crippen LogP) is 1.57. The molecule has 1 aromatic rings. The Balaban J connectivity index is 2.08. The molecule has 2 aliphatic heterocycles. The highest BCUT2D eigenvalue weighted by molar-refractivity contribution is 7.89. The number of piperidine rings is 1. The quantitative estimate of drug-likeness (QED) is 0.897. The highest BCUT2D eigenvalue weighted by atomic mass is 32.2. The molecule has 0 aliphatic carbocycles. The molecule has 2 saturated heterocycles. The zero-order chi connectivity index (χ0) is 16.0. The first kappa shape index (κ1) is 15.4. The average molecular weight is 326 g/mol. The molecule has 7 heteroatoms. The third-order valence-corrected chi connectivity index (χ3v) is 6.73. The van der Waals surface area contributed by atoms with Crippen molar-refractivity contribution in [2.75, 3.05) is 13.1 Å². The normalized spacial score (nSPS) is 26.4. The van der Waals surface area contributed by atoms with E-state index in [4.69, 9.17) is 0 Å². The van der Waals surface area contributed by atoms with Gasteiger partial charge in [-0.3, -0.25) is 4.79 Å². The van der Waals surface area contributed by atoms with Gasteiger partial charge in [-0.15, -0.1) is 0 Å². The molecule has 0 radical (unpaired) electrons. The van der Waals surface area contributed by atoms with E-state index in [-0.39, 0.29) is 10.8 Å². The van der Waals surface area contributed by atoms with Crippen molar-refractivity contribution < 1.29 is 17.6 Å². The Morgan fingerprint density at radius 3 is 2.73 bits per heavy atom. The standard InChI is InChI=1S/C15H19FN2O3S/c1-11-4-5-12(16)10-13(11)22(20,21)18-9-3-7-15(18)6-2-8-17-14(15)19/h4-5,10H,2-3,6-9H2,1H3,(H,17,19). The van der Waals surface area contributed by atoms with Crippen LogP contribution in [0.25, 0.3) is 0 Å². The van der Waals surface area contributed by atoms with Crippen molar-refractivity contribution in [1.82, 2.24) is 9.62 Å². The van der Waals surface area contributed by atoms with E-state index in [2.05, 4.69) is 5.32 Å². The summed E-state index contributed by atoms with van der Waals surface area (Å²) in [5, 5.41) is 2.78. The molecule has 2 heterocycles. The summed E-state index contributed by atoms with van der Waals surface area (Å²) in [6.07, 6.45) is 2.43. The Labute approximate surface area is 129 Å². The fraction of sp³-hybridized carbons (Fsp3) is 0.533. The van der Waals surface area contributed by atoms with Crippen LogP contribution in [0.15, 0.2) is 23.1 Å². The van der Waals surface area contributed by atoms with Gasteiger partial charge in [0.15, 0.2) is 0 Å². The molecule has 1 spiro atoms. The Morgan fingerprint density at radius 2 is 2.00 bits per heavy atom. The summed E-state index contributed by atoms with van der Waals surface area (Å²) in [7, 11) is -3.90. The second-order valence-corrected chi connectivity index (χ2v) is 7.81. The van der Waals surface area contributed by atoms with Crippen LogP contribution in [-0.2, 0) is 14.8 Å². The molecule has 1 amide bonds. The molecular weight excluding hydrogens is 307 g/mol. The average Bonchev–Trinajstić information content (AvgIpc) is 2.90. The molecule has 2 aliphatic rings. The van der Waals surface area contributed by atoms with Crippen molar-refractivity contribution in [2.24, 2.45) is 0 Å². The number of carbonyl (C=O) groups excluding carboxylic acids is 1. The fourth-order valence-corrected chi connectivity index (χ4v) is 5.58. The summed E-state index contributed by atoms with van der Waals surface area (Å²) in [6, 6.07) is 3.73. The van der Waals surface area contributed by atoms with Crippen molar-refractivity contribution in [2.45, 2.75) is 43.0 Å². The van der Waals surface area contributed by atoms with Crippen molar-refractivity contribution in [3.8, 4) is 0 Å². The number of aryl methyl sites for hydroxylation is 1. The molecule has 1 aromatic carbocycles. The molecule has 22 heavy (non-hydrogen) atoms. The minimum absolute atomic E-state index is 0.0489. The van der Waals surface area contributed by atoms with Crippen molar-refractivity contribution >= 4 is 15.9 Å². The lowest BCUT2D eigenvalue weighted by atomic mass is 9.88. The van der Waals surface area contributed by atoms with E-state index in [1.54, 1.807) is 6.92 Å². The van der Waals surface area contributed by atoms with E-state index in [1.165, 1.54) is 16.4 Å². The largest absolute Gasteiger partial charge is 0.354 e. The van der Waals surface area contributed by atoms with E-state index in [0.29, 0.717) is 37.9 Å². The van der Waals surface area contributed by atoms with Crippen molar-refractivity contribution in [3.63, 3.8) is 0 Å². The van der Waals surface area contributed by atoms with Gasteiger partial charge in [0.1, 0.15) is 11.4 Å². The van der Waals surface area contributed by atoms with Crippen LogP contribution in [0.5, 0.6) is 0 Å². The van der Waals surface area contributed by atoms with Crippen molar-refractivity contribution in [1.29, 1.82) is 0 Å². The van der Waals surface area contributed by atoms with Crippen LogP contribution in [0.1, 0.15) is 31.2 Å². The molecule has 2 fully saturated rings. The predicted molar refractivity (Wildman–Crippen MR) is 79.2 cm³/mol. The first-order chi connectivity index (χ1) is 10.4. The summed E-state index contributed by atoms with van der Waals surface area (Å²) < 4.78 is 40.8. The minimum Gasteiger partial charge on any atom is -0.354 e. The van der Waals surface area contributed by atoms with E-state index in [0.717, 1.165) is 12.5 Å². The van der Waals surface area contributed by atoms with Gasteiger partial charge in [-0.2, -0.15) is 4.31 Å². The number of halogens is 1. The van der Waals surface area contributed by atoms with Crippen molar-refractivity contribution in [3.05, 3.63) is 29.6 Å². The molecule has 1 unspecified atom stereocenters. The van der Waals surface area contributed by atoms with Crippen LogP contribution in [0.3, 0.4) is 0 Å². The van der Waals surface area contributed by atoms with Gasteiger partial charge in [-0.25, -0.2) is 12.8 Å². The third-order valence-electron chi connectivity index (χ3n) is 4.62. The molecule has 0 bridgehead atoms. The maximum Gasteiger partial charge on any atom is 0.244 e. The monoisotopic (exact) mass is 326 g/mol. The number of benzene rings is 1. The molecule has 0 aromatic heterocycles. The number of amides is 1. The van der Waals surface area contributed by atoms with E-state index in [9.17, 15) is 17.6 Å². The fourth-order valence-electron chi connectivity index (χ4n) is 3.51. The number of hydrogen-bond acceptors (Lipinski definition) is 3. The molecule has 120 valence electrons. The second kappa shape index (κ2) is 5.31. The van der Waals surface area contributed by atoms with Crippen LogP contribution in [0.2, 0.25) is 0 Å². The molecule has 1 atom stereocenters. The van der Waals surface area contributed by atoms with Gasteiger partial charge in [-0.05, 0) is 50.3 Å². The number of sulfonamides is 1. The summed E-state index contributed by atoms with van der Waals surface area (Å²) in [4.78, 5) is 12.3. The van der Waals surface area contributed by atoms with Gasteiger partial charge < -0.3 is 5.32 Å². The van der Waals surface area contributed by atoms with Crippen LogP contribution < -0.4 is 5.32 Å². The summed E-state index contributed by atoms with van der Waals surface area (Å²) in [6.45, 7) is 2.51. The van der Waals surface area contributed by atoms with Gasteiger partial charge in [0, 0.05) is 13.1 Å². The highest BCUT2D eigenvalue weighted by Gasteiger charge is 2.53. The van der Waals surface area contributed by atoms with Crippen LogP contribution >= 0.6 is 0 Å². The van der Waals surface area contributed by atoms with E-state index < -0.39 is 21.4 Å². The van der Waals surface area contributed by atoms with Gasteiger partial charge in [-0.1, -0.05) is 6.07 Å². The van der Waals surface area contributed by atoms with Gasteiger partial charge >= 0.3 is 0 Å². The van der Waals surface area contributed by atoms with Crippen LogP contribution in [0.4, 0.5) is 4.39 Å². The third kappa shape index (κ3) is 2.23. The van der Waals surface area contributed by atoms with Gasteiger partial charge in [0.2, 0.25) is 15.9 Å². The van der Waals surface area contributed by atoms with Gasteiger partial charge in [0.25, 0.3) is 0 Å². The molecule has 5 nitrogen and oxygen atoms in total. The van der Waals surface area contributed by atoms with Crippen LogP contribution in [-0.4, -0.2) is 37.3 Å². The number of nitrogens with one attached hydrogen (secondary N) is 1. The SMILES string of the molecule is Cc1ccc(F)cc1S(=O)(=O)N1CCCC12CCCNC2=O. The Hall–Kier alpha value is -1.47. The Kier molecular flexibility index (Phi) is 3.72. The topological polar surface area (TPSA) is 66.5 Å². The smallest absolute Gasteiger partial charge is 0.244 e. The van der Waals surface area contributed by atoms with E-state index in [1.807, 2.05) is 0 Å². The minimum atomic E-state index is -3.90. The number of nitrogens with zero attached hydrogens (tertiary/aromatic N) is 1. The highest BCUT2D eigenvalue weighted by Crippen LogP contribution is 2.40. The zero-order valence-electron chi connectivity index (χ0n) is 12.4. The van der Waals surface area contributed by atoms with Gasteiger partial charge in [0.05, 0.1) is 4.90 Å². The Bertz CT molecular complexity index is 719. The van der Waals surface area contributed by atoms with Crippen LogP contribution in [0, 0.1) is 12.7 Å². The lowest BCUT2D eigenvalue weighted by Crippen LogP contribution is -2.60. The number of hydrogen-bond donors (Lipinski definition) is 1. The summed E-state index contributed by atoms with van der Waals surface area (Å²) in [5.74, 6) is -0.820. The Morgan fingerprint density at radius 1 is 1.27 bits per heavy atom. The summed E-state index contributed by atoms with van der Waals surface area (Å²) in [5.41, 5.74) is -0.518. The van der Waals surface area contributed by atoms with E-state index >= 15 is 0 Å². The first-order valence-electron chi connectivity index (χ1n) is 7.45. The molecule has 0 saturated carbocycles. The first-order valence-corrected chi connectivity index (χ1v) is 8.89. The number of carbonyl (C=O) groups is 1. The lowest BCUT2D eigenvalue weighted by Gasteiger charge is -2.39. The second-order valence-electron chi connectivity index (χ2n) is 5.98. The lowest BCUT2D eigenvalue weighted by molar-refractivity contribution is -0.131. The zero-order valence-corrected chi connectivity index (χ0v) is 13.2. The molecule has 3 rings (SSSR count). The molecular formula is C15H19FN2O3S. The maximum atomic E-state index is 13.5.